The van der Waals surface area contributed by atoms with Crippen LogP contribution in [0.2, 0.25) is 0 Å². The van der Waals surface area contributed by atoms with E-state index in [2.05, 4.69) is 34.6 Å². The van der Waals surface area contributed by atoms with Crippen LogP contribution in [-0.2, 0) is 65.4 Å². The van der Waals surface area contributed by atoms with Crippen molar-refractivity contribution in [3.8, 4) is 0 Å². The highest BCUT2D eigenvalue weighted by Gasteiger charge is 2.30. The second kappa shape index (κ2) is 66.3. The van der Waals surface area contributed by atoms with Crippen molar-refractivity contribution in [3.05, 3.63) is 0 Å². The molecule has 5 atom stereocenters. The molecule has 0 aliphatic rings. The van der Waals surface area contributed by atoms with E-state index in [1.165, 1.54) is 199 Å². The number of phosphoric ester groups is 2. The molecule has 0 fully saturated rings. The zero-order valence-electron chi connectivity index (χ0n) is 59.7. The van der Waals surface area contributed by atoms with Crippen molar-refractivity contribution in [3.63, 3.8) is 0 Å². The molecule has 0 saturated heterocycles. The van der Waals surface area contributed by atoms with Crippen molar-refractivity contribution >= 4 is 39.5 Å². The van der Waals surface area contributed by atoms with Crippen LogP contribution in [0.15, 0.2) is 0 Å². The molecule has 92 heavy (non-hydrogen) atoms. The summed E-state index contributed by atoms with van der Waals surface area (Å²) in [4.78, 5) is 72.3. The first kappa shape index (κ1) is 90.1. The molecular weight excluding hydrogens is 1210 g/mol. The molecule has 0 amide bonds. The van der Waals surface area contributed by atoms with Crippen molar-refractivity contribution in [2.75, 3.05) is 39.6 Å². The number of unbranched alkanes of at least 4 members (excludes halogenated alkanes) is 45. The number of aliphatic hydroxyl groups excluding tert-OH is 1. The Morgan fingerprint density at radius 2 is 0.500 bits per heavy atom. The van der Waals surface area contributed by atoms with Gasteiger partial charge in [0.2, 0.25) is 0 Å². The first-order chi connectivity index (χ1) is 44.5. The van der Waals surface area contributed by atoms with Gasteiger partial charge in [-0.25, -0.2) is 9.13 Å². The van der Waals surface area contributed by atoms with E-state index in [-0.39, 0.29) is 25.7 Å². The summed E-state index contributed by atoms with van der Waals surface area (Å²) >= 11 is 0. The van der Waals surface area contributed by atoms with Gasteiger partial charge in [-0.15, -0.1) is 0 Å². The third kappa shape index (κ3) is 66.7. The molecule has 0 aromatic heterocycles. The van der Waals surface area contributed by atoms with Gasteiger partial charge in [0.15, 0.2) is 12.2 Å². The maximum atomic E-state index is 13.1. The van der Waals surface area contributed by atoms with E-state index in [4.69, 9.17) is 37.0 Å². The minimum atomic E-state index is -4.95. The second-order valence-electron chi connectivity index (χ2n) is 26.8. The fourth-order valence-corrected chi connectivity index (χ4v) is 12.8. The maximum Gasteiger partial charge on any atom is 0.472 e. The van der Waals surface area contributed by atoms with Crippen LogP contribution >= 0.6 is 15.6 Å². The van der Waals surface area contributed by atoms with Crippen LogP contribution in [0.3, 0.4) is 0 Å². The molecule has 0 saturated carbocycles. The zero-order valence-corrected chi connectivity index (χ0v) is 61.5. The molecule has 2 unspecified atom stereocenters. The van der Waals surface area contributed by atoms with Crippen LogP contribution in [0, 0.1) is 5.92 Å². The summed E-state index contributed by atoms with van der Waals surface area (Å²) in [5, 5.41) is 10.6. The smallest absolute Gasteiger partial charge is 0.462 e. The highest BCUT2D eigenvalue weighted by molar-refractivity contribution is 7.47. The molecule has 19 heteroatoms. The highest BCUT2D eigenvalue weighted by Crippen LogP contribution is 2.45. The van der Waals surface area contributed by atoms with Crippen LogP contribution in [0.1, 0.15) is 381 Å². The molecule has 546 valence electrons. The van der Waals surface area contributed by atoms with E-state index in [1.807, 2.05) is 0 Å². The van der Waals surface area contributed by atoms with E-state index in [0.717, 1.165) is 102 Å². The monoisotopic (exact) mass is 1350 g/mol. The highest BCUT2D eigenvalue weighted by atomic mass is 31.2. The van der Waals surface area contributed by atoms with Gasteiger partial charge in [0, 0.05) is 25.7 Å². The predicted molar refractivity (Wildman–Crippen MR) is 372 cm³/mol. The van der Waals surface area contributed by atoms with Crippen LogP contribution in [0.4, 0.5) is 0 Å². The number of hydrogen-bond acceptors (Lipinski definition) is 15. The fraction of sp³-hybridized carbons (Fsp3) is 0.945. The summed E-state index contributed by atoms with van der Waals surface area (Å²) in [6, 6.07) is 0. The number of carbonyl (C=O) groups excluding carboxylic acids is 4. The average molecular weight is 1350 g/mol. The molecular formula is C73H142O17P2. The molecule has 17 nitrogen and oxygen atoms in total. The Kier molecular flexibility index (Phi) is 64.9. The molecule has 3 N–H and O–H groups in total. The molecule has 0 aromatic carbocycles. The Bertz CT molecular complexity index is 1770. The molecule has 0 aromatic rings. The maximum absolute atomic E-state index is 13.1. The van der Waals surface area contributed by atoms with E-state index in [0.29, 0.717) is 25.7 Å². The normalized spacial score (nSPS) is 14.0. The third-order valence-corrected chi connectivity index (χ3v) is 18.9. The Balaban J connectivity index is 5.12. The van der Waals surface area contributed by atoms with Gasteiger partial charge < -0.3 is 33.8 Å². The Morgan fingerprint density at radius 3 is 0.739 bits per heavy atom. The van der Waals surface area contributed by atoms with Gasteiger partial charge in [0.25, 0.3) is 0 Å². The van der Waals surface area contributed by atoms with E-state index < -0.39 is 97.5 Å². The lowest BCUT2D eigenvalue weighted by molar-refractivity contribution is -0.161. The SMILES string of the molecule is CCCCCCCCCCCCCCCCCCCCCCCC(=O)O[C@H](COC(=O)CCCCCCCCCCCCCCC(C)C)COP(=O)(O)OC[C@@H](O)COP(=O)(O)OC[C@@H](COC(=O)CCCCCCC)OC(=O)CCCCCCCCCCCCC. The third-order valence-electron chi connectivity index (χ3n) is 17.0. The fourth-order valence-electron chi connectivity index (χ4n) is 11.2. The molecule has 0 bridgehead atoms. The average Bonchev–Trinajstić information content (AvgIpc) is 1.70. The van der Waals surface area contributed by atoms with Crippen LogP contribution < -0.4 is 0 Å². The first-order valence-electron chi connectivity index (χ1n) is 38.1. The van der Waals surface area contributed by atoms with E-state index in [1.54, 1.807) is 0 Å². The number of carbonyl (C=O) groups is 4. The zero-order chi connectivity index (χ0) is 67.7. The number of ether oxygens (including phenoxy) is 4. The molecule has 0 radical (unpaired) electrons. The van der Waals surface area contributed by atoms with Crippen molar-refractivity contribution in [1.29, 1.82) is 0 Å². The van der Waals surface area contributed by atoms with E-state index >= 15 is 0 Å². The standard InChI is InChI=1S/C73H142O17P2/c1-6-9-12-15-17-19-21-22-23-24-25-26-27-28-29-30-36-40-44-49-54-59-73(78)90-69(63-84-71(76)57-52-47-42-38-35-32-31-34-37-41-46-50-55-66(4)5)65-88-92(81,82)86-61-67(74)60-85-91(79,80)87-64-68(62-83-70(75)56-51-45-14-11-8-3)89-72(77)58-53-48-43-39-33-20-18-16-13-10-7-2/h66-69,74H,6-65H2,1-5H3,(H,79,80)(H,81,82)/t67-,68+,69+/m0/s1. The summed E-state index contributed by atoms with van der Waals surface area (Å²) in [6.45, 7) is 7.19. The van der Waals surface area contributed by atoms with Crippen LogP contribution in [0.25, 0.3) is 0 Å². The number of rotatable bonds is 73. The largest absolute Gasteiger partial charge is 0.472 e. The lowest BCUT2D eigenvalue weighted by atomic mass is 10.0. The summed E-state index contributed by atoms with van der Waals surface area (Å²) in [7, 11) is -9.89. The molecule has 0 rings (SSSR count). The summed E-state index contributed by atoms with van der Waals surface area (Å²) in [5.41, 5.74) is 0. The summed E-state index contributed by atoms with van der Waals surface area (Å²) < 4.78 is 68.1. The van der Waals surface area contributed by atoms with Crippen molar-refractivity contribution in [1.82, 2.24) is 0 Å². The molecule has 0 aliphatic carbocycles. The Morgan fingerprint density at radius 1 is 0.293 bits per heavy atom. The summed E-state index contributed by atoms with van der Waals surface area (Å²) in [5.74, 6) is -1.35. The van der Waals surface area contributed by atoms with Crippen molar-refractivity contribution in [2.24, 2.45) is 5.92 Å². The number of phosphoric acid groups is 2. The lowest BCUT2D eigenvalue weighted by Crippen LogP contribution is -2.30. The van der Waals surface area contributed by atoms with Gasteiger partial charge >= 0.3 is 39.5 Å². The predicted octanol–water partition coefficient (Wildman–Crippen LogP) is 21.3. The quantitative estimate of drug-likeness (QED) is 0.0222. The Hall–Kier alpha value is -1.94. The van der Waals surface area contributed by atoms with Crippen LogP contribution in [0.5, 0.6) is 0 Å². The van der Waals surface area contributed by atoms with Gasteiger partial charge in [-0.1, -0.05) is 330 Å². The van der Waals surface area contributed by atoms with Crippen molar-refractivity contribution in [2.45, 2.75) is 400 Å². The Labute approximate surface area is 562 Å². The van der Waals surface area contributed by atoms with Gasteiger partial charge in [0.1, 0.15) is 19.3 Å². The molecule has 0 heterocycles. The van der Waals surface area contributed by atoms with Gasteiger partial charge in [0.05, 0.1) is 26.4 Å². The van der Waals surface area contributed by atoms with Gasteiger partial charge in [-0.2, -0.15) is 0 Å². The lowest BCUT2D eigenvalue weighted by Gasteiger charge is -2.21. The topological polar surface area (TPSA) is 237 Å². The number of esters is 4. The second-order valence-corrected chi connectivity index (χ2v) is 29.7. The molecule has 0 spiro atoms. The van der Waals surface area contributed by atoms with Crippen molar-refractivity contribution < 1.29 is 80.2 Å². The first-order valence-corrected chi connectivity index (χ1v) is 41.1. The van der Waals surface area contributed by atoms with Gasteiger partial charge in [-0.3, -0.25) is 37.3 Å². The van der Waals surface area contributed by atoms with Crippen LogP contribution in [-0.4, -0.2) is 96.7 Å². The number of aliphatic hydroxyl groups is 1. The minimum Gasteiger partial charge on any atom is -0.462 e. The number of hydrogen-bond donors (Lipinski definition) is 3. The van der Waals surface area contributed by atoms with Gasteiger partial charge in [-0.05, 0) is 31.6 Å². The summed E-state index contributed by atoms with van der Waals surface area (Å²) in [6.07, 6.45) is 54.6. The molecule has 0 aliphatic heterocycles. The van der Waals surface area contributed by atoms with E-state index in [9.17, 15) is 43.2 Å². The minimum absolute atomic E-state index is 0.106.